The molecule has 18 heavy (non-hydrogen) atoms. The molecule has 3 unspecified atom stereocenters. The molecule has 0 amide bonds. The third kappa shape index (κ3) is 3.60. The minimum Gasteiger partial charge on any atom is -0.353 e. The van der Waals surface area contributed by atoms with Gasteiger partial charge < -0.3 is 10.6 Å². The SMILES string of the molecule is CCCC1CC1NC(=NC)NC1CCS(=O)(=O)C1. The van der Waals surface area contributed by atoms with Crippen LogP contribution in [-0.2, 0) is 9.84 Å². The lowest BCUT2D eigenvalue weighted by molar-refractivity contribution is 0.599. The van der Waals surface area contributed by atoms with E-state index in [0.29, 0.717) is 18.2 Å². The van der Waals surface area contributed by atoms with Crippen LogP contribution in [0.3, 0.4) is 0 Å². The molecule has 2 fully saturated rings. The van der Waals surface area contributed by atoms with E-state index < -0.39 is 9.84 Å². The minimum absolute atomic E-state index is 0.0181. The van der Waals surface area contributed by atoms with E-state index in [1.165, 1.54) is 19.3 Å². The highest BCUT2D eigenvalue weighted by Crippen LogP contribution is 2.34. The quantitative estimate of drug-likeness (QED) is 0.579. The summed E-state index contributed by atoms with van der Waals surface area (Å²) in [5, 5.41) is 6.59. The van der Waals surface area contributed by atoms with Gasteiger partial charge in [-0.2, -0.15) is 0 Å². The summed E-state index contributed by atoms with van der Waals surface area (Å²) in [5.41, 5.74) is 0. The van der Waals surface area contributed by atoms with Crippen molar-refractivity contribution in [1.29, 1.82) is 0 Å². The van der Waals surface area contributed by atoms with Gasteiger partial charge in [-0.05, 0) is 25.2 Å². The molecule has 0 spiro atoms. The average Bonchev–Trinajstić information content (AvgIpc) is 2.94. The van der Waals surface area contributed by atoms with E-state index in [9.17, 15) is 8.42 Å². The number of aliphatic imine (C=N–C) groups is 1. The van der Waals surface area contributed by atoms with E-state index in [1.54, 1.807) is 7.05 Å². The molecule has 5 nitrogen and oxygen atoms in total. The van der Waals surface area contributed by atoms with Gasteiger partial charge in [-0.3, -0.25) is 4.99 Å². The first kappa shape index (κ1) is 13.6. The van der Waals surface area contributed by atoms with E-state index in [1.807, 2.05) is 0 Å². The number of rotatable bonds is 4. The molecule has 104 valence electrons. The van der Waals surface area contributed by atoms with Crippen LogP contribution < -0.4 is 10.6 Å². The van der Waals surface area contributed by atoms with Crippen molar-refractivity contribution < 1.29 is 8.42 Å². The zero-order chi connectivity index (χ0) is 13.2. The predicted octanol–water partition coefficient (Wildman–Crippen LogP) is 0.527. The summed E-state index contributed by atoms with van der Waals surface area (Å²) in [4.78, 5) is 4.17. The minimum atomic E-state index is -2.83. The molecule has 0 radical (unpaired) electrons. The molecule has 0 aromatic carbocycles. The lowest BCUT2D eigenvalue weighted by Gasteiger charge is -2.16. The van der Waals surface area contributed by atoms with Crippen molar-refractivity contribution in [3.05, 3.63) is 0 Å². The third-order valence-electron chi connectivity index (χ3n) is 3.70. The van der Waals surface area contributed by atoms with Crippen molar-refractivity contribution in [3.63, 3.8) is 0 Å². The highest BCUT2D eigenvalue weighted by molar-refractivity contribution is 7.91. The fraction of sp³-hybridized carbons (Fsp3) is 0.917. The summed E-state index contributed by atoms with van der Waals surface area (Å²) in [6.45, 7) is 2.20. The van der Waals surface area contributed by atoms with Crippen LogP contribution in [0, 0.1) is 5.92 Å². The smallest absolute Gasteiger partial charge is 0.191 e. The van der Waals surface area contributed by atoms with Gasteiger partial charge >= 0.3 is 0 Å². The Kier molecular flexibility index (Phi) is 4.14. The van der Waals surface area contributed by atoms with Gasteiger partial charge in [0.15, 0.2) is 15.8 Å². The summed E-state index contributed by atoms with van der Waals surface area (Å²) in [5.74, 6) is 2.04. The van der Waals surface area contributed by atoms with Crippen LogP contribution in [0.15, 0.2) is 4.99 Å². The van der Waals surface area contributed by atoms with Gasteiger partial charge in [0.2, 0.25) is 0 Å². The second kappa shape index (κ2) is 5.47. The second-order valence-corrected chi connectivity index (χ2v) is 7.58. The predicted molar refractivity (Wildman–Crippen MR) is 73.5 cm³/mol. The van der Waals surface area contributed by atoms with E-state index in [4.69, 9.17) is 0 Å². The lowest BCUT2D eigenvalue weighted by Crippen LogP contribution is -2.45. The molecule has 1 saturated carbocycles. The van der Waals surface area contributed by atoms with Crippen LogP contribution in [0.4, 0.5) is 0 Å². The van der Waals surface area contributed by atoms with Crippen molar-refractivity contribution in [2.45, 2.75) is 44.7 Å². The Hall–Kier alpha value is -0.780. The van der Waals surface area contributed by atoms with Crippen molar-refractivity contribution >= 4 is 15.8 Å². The number of hydrogen-bond acceptors (Lipinski definition) is 3. The Labute approximate surface area is 109 Å². The Bertz CT molecular complexity index is 419. The van der Waals surface area contributed by atoms with Gasteiger partial charge in [0, 0.05) is 19.1 Å². The van der Waals surface area contributed by atoms with Crippen LogP contribution >= 0.6 is 0 Å². The number of nitrogens with zero attached hydrogens (tertiary/aromatic N) is 1. The Morgan fingerprint density at radius 1 is 1.39 bits per heavy atom. The van der Waals surface area contributed by atoms with Crippen LogP contribution in [0.1, 0.15) is 32.6 Å². The molecule has 1 aliphatic heterocycles. The first-order valence-electron chi connectivity index (χ1n) is 6.74. The largest absolute Gasteiger partial charge is 0.353 e. The number of hydrogen-bond donors (Lipinski definition) is 2. The van der Waals surface area contributed by atoms with Crippen LogP contribution in [0.2, 0.25) is 0 Å². The Balaban J connectivity index is 1.77. The van der Waals surface area contributed by atoms with Gasteiger partial charge in [-0.25, -0.2) is 8.42 Å². The van der Waals surface area contributed by atoms with Crippen LogP contribution in [-0.4, -0.2) is 45.0 Å². The first-order valence-corrected chi connectivity index (χ1v) is 8.56. The van der Waals surface area contributed by atoms with Gasteiger partial charge in [0.25, 0.3) is 0 Å². The van der Waals surface area contributed by atoms with E-state index in [-0.39, 0.29) is 11.8 Å². The normalized spacial score (nSPS) is 34.3. The van der Waals surface area contributed by atoms with Crippen LogP contribution in [0.5, 0.6) is 0 Å². The molecular formula is C12H23N3O2S. The fourth-order valence-electron chi connectivity index (χ4n) is 2.56. The summed E-state index contributed by atoms with van der Waals surface area (Å²) < 4.78 is 22.8. The van der Waals surface area contributed by atoms with Gasteiger partial charge in [0.05, 0.1) is 11.5 Å². The zero-order valence-electron chi connectivity index (χ0n) is 11.1. The lowest BCUT2D eigenvalue weighted by atomic mass is 10.2. The molecule has 3 atom stereocenters. The molecule has 2 N–H and O–H groups in total. The number of sulfone groups is 1. The molecule has 6 heteroatoms. The molecular weight excluding hydrogens is 250 g/mol. The molecule has 2 rings (SSSR count). The maximum Gasteiger partial charge on any atom is 0.191 e. The molecule has 1 saturated heterocycles. The highest BCUT2D eigenvalue weighted by Gasteiger charge is 2.37. The molecule has 0 aromatic heterocycles. The third-order valence-corrected chi connectivity index (χ3v) is 5.47. The standard InChI is InChI=1S/C12H23N3O2S/c1-3-4-9-7-11(9)15-12(13-2)14-10-5-6-18(16,17)8-10/h9-11H,3-8H2,1-2H3,(H2,13,14,15). The van der Waals surface area contributed by atoms with Crippen LogP contribution in [0.25, 0.3) is 0 Å². The number of nitrogens with one attached hydrogen (secondary N) is 2. The Morgan fingerprint density at radius 2 is 2.17 bits per heavy atom. The van der Waals surface area contributed by atoms with Gasteiger partial charge in [-0.1, -0.05) is 13.3 Å². The fourth-order valence-corrected chi connectivity index (χ4v) is 4.24. The highest BCUT2D eigenvalue weighted by atomic mass is 32.2. The zero-order valence-corrected chi connectivity index (χ0v) is 12.0. The summed E-state index contributed by atoms with van der Waals surface area (Å²) in [7, 11) is -1.09. The summed E-state index contributed by atoms with van der Waals surface area (Å²) in [6.07, 6.45) is 4.37. The van der Waals surface area contributed by atoms with Crippen molar-refractivity contribution in [2.75, 3.05) is 18.6 Å². The van der Waals surface area contributed by atoms with Gasteiger partial charge in [-0.15, -0.1) is 0 Å². The Morgan fingerprint density at radius 3 is 2.72 bits per heavy atom. The monoisotopic (exact) mass is 273 g/mol. The van der Waals surface area contributed by atoms with Crippen molar-refractivity contribution in [2.24, 2.45) is 10.9 Å². The molecule has 1 heterocycles. The maximum absolute atomic E-state index is 11.4. The molecule has 2 aliphatic rings. The van der Waals surface area contributed by atoms with Crippen molar-refractivity contribution in [3.8, 4) is 0 Å². The van der Waals surface area contributed by atoms with Gasteiger partial charge in [0.1, 0.15) is 0 Å². The molecule has 0 bridgehead atoms. The van der Waals surface area contributed by atoms with E-state index in [2.05, 4.69) is 22.5 Å². The molecule has 1 aliphatic carbocycles. The van der Waals surface area contributed by atoms with E-state index >= 15 is 0 Å². The number of guanidine groups is 1. The van der Waals surface area contributed by atoms with Crippen molar-refractivity contribution in [1.82, 2.24) is 10.6 Å². The maximum atomic E-state index is 11.4. The first-order chi connectivity index (χ1) is 8.54. The second-order valence-electron chi connectivity index (χ2n) is 5.35. The summed E-state index contributed by atoms with van der Waals surface area (Å²) in [6, 6.07) is 0.540. The topological polar surface area (TPSA) is 70.6 Å². The summed E-state index contributed by atoms with van der Waals surface area (Å²) >= 11 is 0. The average molecular weight is 273 g/mol. The van der Waals surface area contributed by atoms with E-state index in [0.717, 1.165) is 11.9 Å². The molecule has 0 aromatic rings.